The van der Waals surface area contributed by atoms with Crippen LogP contribution in [0.25, 0.3) is 0 Å². The normalized spacial score (nSPS) is 10.3. The van der Waals surface area contributed by atoms with Crippen LogP contribution in [0.15, 0.2) is 54.9 Å². The second-order valence-electron chi connectivity index (χ2n) is 5.64. The van der Waals surface area contributed by atoms with Gasteiger partial charge in [0.15, 0.2) is 5.11 Å². The van der Waals surface area contributed by atoms with Crippen LogP contribution in [-0.2, 0) is 6.54 Å². The van der Waals surface area contributed by atoms with Crippen LogP contribution in [0.5, 0.6) is 0 Å². The van der Waals surface area contributed by atoms with Gasteiger partial charge in [-0.3, -0.25) is 15.4 Å². The Balaban J connectivity index is 1.58. The van der Waals surface area contributed by atoms with Gasteiger partial charge in [-0.15, -0.1) is 5.10 Å². The first kappa shape index (κ1) is 17.5. The number of hydrogen-bond donors (Lipinski definition) is 2. The fourth-order valence-corrected chi connectivity index (χ4v) is 2.57. The highest BCUT2D eigenvalue weighted by Crippen LogP contribution is 2.15. The molecule has 26 heavy (non-hydrogen) atoms. The van der Waals surface area contributed by atoms with Crippen molar-refractivity contribution in [2.24, 2.45) is 0 Å². The zero-order chi connectivity index (χ0) is 18.5. The van der Waals surface area contributed by atoms with Crippen LogP contribution in [0.3, 0.4) is 0 Å². The van der Waals surface area contributed by atoms with Gasteiger partial charge in [0.2, 0.25) is 5.95 Å². The van der Waals surface area contributed by atoms with Crippen LogP contribution >= 0.6 is 12.2 Å². The van der Waals surface area contributed by atoms with Gasteiger partial charge in [0.1, 0.15) is 6.33 Å². The van der Waals surface area contributed by atoms with Crippen LogP contribution in [0.2, 0.25) is 0 Å². The zero-order valence-electron chi connectivity index (χ0n) is 13.9. The summed E-state index contributed by atoms with van der Waals surface area (Å²) in [6.07, 6.45) is 1.62. The molecule has 132 valence electrons. The maximum atomic E-state index is 10.7. The predicted octanol–water partition coefficient (Wildman–Crippen LogP) is 3.35. The van der Waals surface area contributed by atoms with Crippen molar-refractivity contribution in [1.29, 1.82) is 0 Å². The lowest BCUT2D eigenvalue weighted by molar-refractivity contribution is -0.384. The van der Waals surface area contributed by atoms with E-state index < -0.39 is 4.92 Å². The van der Waals surface area contributed by atoms with Gasteiger partial charge < -0.3 is 5.32 Å². The smallest absolute Gasteiger partial charge is 0.269 e. The first-order chi connectivity index (χ1) is 12.5. The Hall–Kier alpha value is -3.33. The Morgan fingerprint density at radius 1 is 1.23 bits per heavy atom. The molecule has 0 spiro atoms. The number of nitro groups is 1. The van der Waals surface area contributed by atoms with E-state index in [0.29, 0.717) is 23.3 Å². The van der Waals surface area contributed by atoms with Gasteiger partial charge in [0.05, 0.1) is 11.5 Å². The van der Waals surface area contributed by atoms with Crippen LogP contribution in [0, 0.1) is 17.0 Å². The van der Waals surface area contributed by atoms with Crippen molar-refractivity contribution in [2.45, 2.75) is 13.5 Å². The summed E-state index contributed by atoms with van der Waals surface area (Å²) in [5.74, 6) is 0.372. The lowest BCUT2D eigenvalue weighted by Gasteiger charge is -2.07. The summed E-state index contributed by atoms with van der Waals surface area (Å²) in [7, 11) is 0. The SMILES string of the molecule is Cc1cccc(Cn2cnc(NC(=S)Nc3ccc([N+](=O)[O-])cc3)n2)c1. The number of nitrogens with zero attached hydrogens (tertiary/aromatic N) is 4. The highest BCUT2D eigenvalue weighted by atomic mass is 32.1. The maximum absolute atomic E-state index is 10.7. The predicted molar refractivity (Wildman–Crippen MR) is 103 cm³/mol. The number of rotatable bonds is 5. The van der Waals surface area contributed by atoms with Crippen LogP contribution in [0.4, 0.5) is 17.3 Å². The van der Waals surface area contributed by atoms with Gasteiger partial charge in [0.25, 0.3) is 5.69 Å². The van der Waals surface area contributed by atoms with Gasteiger partial charge in [-0.05, 0) is 36.8 Å². The largest absolute Gasteiger partial charge is 0.332 e. The molecule has 0 atom stereocenters. The van der Waals surface area contributed by atoms with Gasteiger partial charge in [-0.1, -0.05) is 29.8 Å². The first-order valence-corrected chi connectivity index (χ1v) is 8.18. The van der Waals surface area contributed by atoms with Gasteiger partial charge >= 0.3 is 0 Å². The molecule has 0 amide bonds. The van der Waals surface area contributed by atoms with E-state index in [4.69, 9.17) is 12.2 Å². The van der Waals surface area contributed by atoms with E-state index >= 15 is 0 Å². The van der Waals surface area contributed by atoms with Crippen LogP contribution in [-0.4, -0.2) is 24.8 Å². The molecule has 3 rings (SSSR count). The number of benzene rings is 2. The summed E-state index contributed by atoms with van der Waals surface area (Å²) in [6, 6.07) is 14.1. The molecule has 9 heteroatoms. The number of nitrogens with one attached hydrogen (secondary N) is 2. The maximum Gasteiger partial charge on any atom is 0.269 e. The average Bonchev–Trinajstić information content (AvgIpc) is 3.02. The molecule has 0 unspecified atom stereocenters. The Bertz CT molecular complexity index is 938. The van der Waals surface area contributed by atoms with Crippen molar-refractivity contribution in [3.05, 3.63) is 76.1 Å². The second-order valence-corrected chi connectivity index (χ2v) is 6.05. The molecule has 2 aromatic carbocycles. The van der Waals surface area contributed by atoms with E-state index in [1.807, 2.05) is 25.1 Å². The van der Waals surface area contributed by atoms with E-state index in [1.165, 1.54) is 17.7 Å². The highest BCUT2D eigenvalue weighted by Gasteiger charge is 2.07. The first-order valence-electron chi connectivity index (χ1n) is 7.77. The summed E-state index contributed by atoms with van der Waals surface area (Å²) >= 11 is 5.21. The molecule has 2 N–H and O–H groups in total. The minimum Gasteiger partial charge on any atom is -0.332 e. The van der Waals surface area contributed by atoms with E-state index in [9.17, 15) is 10.1 Å². The van der Waals surface area contributed by atoms with Crippen molar-refractivity contribution in [2.75, 3.05) is 10.6 Å². The van der Waals surface area contributed by atoms with Gasteiger partial charge in [0, 0.05) is 17.8 Å². The third-order valence-electron chi connectivity index (χ3n) is 3.52. The van der Waals surface area contributed by atoms with Crippen molar-refractivity contribution in [3.8, 4) is 0 Å². The van der Waals surface area contributed by atoms with Crippen molar-refractivity contribution >= 4 is 34.7 Å². The fraction of sp³-hybridized carbons (Fsp3) is 0.118. The van der Waals surface area contributed by atoms with Crippen molar-refractivity contribution in [3.63, 3.8) is 0 Å². The topological polar surface area (TPSA) is 97.9 Å². The summed E-state index contributed by atoms with van der Waals surface area (Å²) < 4.78 is 1.71. The lowest BCUT2D eigenvalue weighted by Crippen LogP contribution is -2.20. The standard InChI is InChI=1S/C17H16N6O2S/c1-12-3-2-4-13(9-12)10-22-11-18-16(21-22)20-17(26)19-14-5-7-15(8-6-14)23(24)25/h2-9,11H,10H2,1H3,(H2,19,20,21,26). The third-order valence-corrected chi connectivity index (χ3v) is 3.73. The Kier molecular flexibility index (Phi) is 5.18. The van der Waals surface area contributed by atoms with Crippen molar-refractivity contribution < 1.29 is 4.92 Å². The molecule has 0 aliphatic heterocycles. The number of aryl methyl sites for hydroxylation is 1. The molecule has 0 aliphatic carbocycles. The Morgan fingerprint density at radius 3 is 2.69 bits per heavy atom. The Morgan fingerprint density at radius 2 is 2.00 bits per heavy atom. The molecule has 0 bridgehead atoms. The monoisotopic (exact) mass is 368 g/mol. The summed E-state index contributed by atoms with van der Waals surface area (Å²) in [4.78, 5) is 14.4. The zero-order valence-corrected chi connectivity index (χ0v) is 14.7. The second kappa shape index (κ2) is 7.70. The molecule has 0 saturated heterocycles. The lowest BCUT2D eigenvalue weighted by atomic mass is 10.1. The van der Waals surface area contributed by atoms with E-state index in [0.717, 1.165) is 5.56 Å². The minimum absolute atomic E-state index is 0.0194. The number of hydrogen-bond acceptors (Lipinski definition) is 5. The van der Waals surface area contributed by atoms with E-state index in [-0.39, 0.29) is 5.69 Å². The minimum atomic E-state index is -0.453. The van der Waals surface area contributed by atoms with Crippen LogP contribution in [0.1, 0.15) is 11.1 Å². The summed E-state index contributed by atoms with van der Waals surface area (Å²) in [6.45, 7) is 2.65. The number of anilines is 2. The number of aromatic nitrogens is 3. The van der Waals surface area contributed by atoms with Crippen molar-refractivity contribution in [1.82, 2.24) is 14.8 Å². The molecular formula is C17H16N6O2S. The molecule has 0 radical (unpaired) electrons. The van der Waals surface area contributed by atoms with Gasteiger partial charge in [-0.25, -0.2) is 9.67 Å². The molecule has 1 aromatic heterocycles. The average molecular weight is 368 g/mol. The quantitative estimate of drug-likeness (QED) is 0.405. The Labute approximate surface area is 155 Å². The molecule has 0 saturated carbocycles. The summed E-state index contributed by atoms with van der Waals surface area (Å²) in [5.41, 5.74) is 2.97. The highest BCUT2D eigenvalue weighted by molar-refractivity contribution is 7.80. The molecular weight excluding hydrogens is 352 g/mol. The molecule has 1 heterocycles. The molecule has 8 nitrogen and oxygen atoms in total. The molecule has 0 fully saturated rings. The third kappa shape index (κ3) is 4.61. The summed E-state index contributed by atoms with van der Waals surface area (Å²) in [5, 5.41) is 21.1. The number of thiocarbonyl (C=S) groups is 1. The van der Waals surface area contributed by atoms with Crippen LogP contribution < -0.4 is 10.6 Å². The number of non-ortho nitro benzene ring substituents is 1. The fourth-order valence-electron chi connectivity index (χ4n) is 2.36. The number of nitro benzene ring substituents is 1. The van der Waals surface area contributed by atoms with E-state index in [2.05, 4.69) is 26.8 Å². The molecule has 3 aromatic rings. The van der Waals surface area contributed by atoms with E-state index in [1.54, 1.807) is 23.1 Å². The molecule has 0 aliphatic rings. The van der Waals surface area contributed by atoms with Gasteiger partial charge in [-0.2, -0.15) is 0 Å².